The van der Waals surface area contributed by atoms with Crippen molar-refractivity contribution in [3.63, 3.8) is 0 Å². The van der Waals surface area contributed by atoms with E-state index in [4.69, 9.17) is 4.74 Å². The molecule has 3 aromatic rings. The van der Waals surface area contributed by atoms with Gasteiger partial charge in [-0.05, 0) is 61.9 Å². The van der Waals surface area contributed by atoms with E-state index in [9.17, 15) is 9.59 Å². The monoisotopic (exact) mass is 402 g/mol. The van der Waals surface area contributed by atoms with Gasteiger partial charge in [-0.1, -0.05) is 43.2 Å². The van der Waals surface area contributed by atoms with Crippen molar-refractivity contribution in [1.29, 1.82) is 0 Å². The maximum atomic E-state index is 12.7. The van der Waals surface area contributed by atoms with Crippen LogP contribution in [0, 0.1) is 6.92 Å². The highest BCUT2D eigenvalue weighted by Gasteiger charge is 2.13. The molecular weight excluding hydrogens is 376 g/mol. The Morgan fingerprint density at radius 1 is 0.833 bits per heavy atom. The normalized spacial score (nSPS) is 10.3. The van der Waals surface area contributed by atoms with E-state index >= 15 is 0 Å². The summed E-state index contributed by atoms with van der Waals surface area (Å²) < 4.78 is 5.74. The number of rotatable bonds is 8. The minimum Gasteiger partial charge on any atom is -0.493 e. The molecule has 5 heteroatoms. The molecule has 0 spiro atoms. The third-order valence-corrected chi connectivity index (χ3v) is 4.57. The Morgan fingerprint density at radius 3 is 2.17 bits per heavy atom. The predicted molar refractivity (Wildman–Crippen MR) is 120 cm³/mol. The number of hydrogen-bond donors (Lipinski definition) is 2. The Labute approximate surface area is 177 Å². The van der Waals surface area contributed by atoms with Gasteiger partial charge in [0, 0.05) is 16.9 Å². The molecule has 3 rings (SSSR count). The summed E-state index contributed by atoms with van der Waals surface area (Å²) in [4.78, 5) is 25.1. The molecule has 0 unspecified atom stereocenters. The maximum Gasteiger partial charge on any atom is 0.259 e. The summed E-state index contributed by atoms with van der Waals surface area (Å²) in [5.41, 5.74) is 3.41. The number of benzene rings is 3. The molecule has 0 saturated carbocycles. The third-order valence-electron chi connectivity index (χ3n) is 4.57. The van der Waals surface area contributed by atoms with E-state index in [0.717, 1.165) is 18.4 Å². The Balaban J connectivity index is 1.63. The molecule has 0 heterocycles. The molecule has 0 fully saturated rings. The number of aryl methyl sites for hydroxylation is 1. The maximum absolute atomic E-state index is 12.7. The van der Waals surface area contributed by atoms with Crippen LogP contribution >= 0.6 is 0 Å². The van der Waals surface area contributed by atoms with Gasteiger partial charge in [-0.2, -0.15) is 0 Å². The van der Waals surface area contributed by atoms with Crippen LogP contribution in [0.1, 0.15) is 46.0 Å². The van der Waals surface area contributed by atoms with Crippen LogP contribution < -0.4 is 15.4 Å². The fourth-order valence-corrected chi connectivity index (χ4v) is 2.93. The summed E-state index contributed by atoms with van der Waals surface area (Å²) in [6, 6.07) is 21.6. The van der Waals surface area contributed by atoms with Gasteiger partial charge in [0.15, 0.2) is 0 Å². The Hall–Kier alpha value is -3.60. The molecule has 0 aromatic heterocycles. The van der Waals surface area contributed by atoms with E-state index in [1.165, 1.54) is 0 Å². The smallest absolute Gasteiger partial charge is 0.259 e. The molecule has 0 atom stereocenters. The summed E-state index contributed by atoms with van der Waals surface area (Å²) in [6.45, 7) is 4.62. The van der Waals surface area contributed by atoms with E-state index in [-0.39, 0.29) is 11.8 Å². The summed E-state index contributed by atoms with van der Waals surface area (Å²) >= 11 is 0. The molecule has 2 amide bonds. The quantitative estimate of drug-likeness (QED) is 0.477. The predicted octanol–water partition coefficient (Wildman–Crippen LogP) is 5.68. The van der Waals surface area contributed by atoms with Crippen LogP contribution in [0.4, 0.5) is 11.4 Å². The second-order valence-corrected chi connectivity index (χ2v) is 7.05. The molecule has 0 aliphatic carbocycles. The number of carbonyl (C=O) groups is 2. The molecule has 0 aliphatic heterocycles. The highest BCUT2D eigenvalue weighted by Crippen LogP contribution is 2.21. The number of amides is 2. The van der Waals surface area contributed by atoms with Gasteiger partial charge < -0.3 is 15.4 Å². The number of ether oxygens (including phenoxy) is 1. The number of hydrogen-bond acceptors (Lipinski definition) is 3. The second-order valence-electron chi connectivity index (χ2n) is 7.05. The van der Waals surface area contributed by atoms with Gasteiger partial charge in [-0.15, -0.1) is 0 Å². The summed E-state index contributed by atoms with van der Waals surface area (Å²) in [6.07, 6.45) is 1.97. The average molecular weight is 402 g/mol. The van der Waals surface area contributed by atoms with Crippen LogP contribution in [0.3, 0.4) is 0 Å². The van der Waals surface area contributed by atoms with Crippen LogP contribution in [-0.4, -0.2) is 18.4 Å². The minimum absolute atomic E-state index is 0.173. The lowest BCUT2D eigenvalue weighted by Gasteiger charge is -2.12. The third kappa shape index (κ3) is 5.70. The fourth-order valence-electron chi connectivity index (χ4n) is 2.93. The van der Waals surface area contributed by atoms with Crippen LogP contribution in [0.2, 0.25) is 0 Å². The van der Waals surface area contributed by atoms with E-state index in [2.05, 4.69) is 17.6 Å². The lowest BCUT2D eigenvalue weighted by Crippen LogP contribution is -2.14. The highest BCUT2D eigenvalue weighted by molar-refractivity contribution is 6.07. The van der Waals surface area contributed by atoms with E-state index in [1.54, 1.807) is 42.5 Å². The SMILES string of the molecule is CCCCOc1ccccc1C(=O)Nc1ccc(NC(=O)c2cccc(C)c2)cc1. The second kappa shape index (κ2) is 10.3. The number of nitrogens with one attached hydrogen (secondary N) is 2. The lowest BCUT2D eigenvalue weighted by atomic mass is 10.1. The summed E-state index contributed by atoms with van der Waals surface area (Å²) in [7, 11) is 0. The minimum atomic E-state index is -0.237. The molecule has 0 saturated heterocycles. The Bertz CT molecular complexity index is 1010. The number of anilines is 2. The molecule has 154 valence electrons. The van der Waals surface area contributed by atoms with Crippen molar-refractivity contribution in [1.82, 2.24) is 0 Å². The van der Waals surface area contributed by atoms with Gasteiger partial charge in [0.05, 0.1) is 12.2 Å². The van der Waals surface area contributed by atoms with Crippen molar-refractivity contribution < 1.29 is 14.3 Å². The van der Waals surface area contributed by atoms with Gasteiger partial charge in [-0.3, -0.25) is 9.59 Å². The average Bonchev–Trinajstić information content (AvgIpc) is 2.75. The van der Waals surface area contributed by atoms with Crippen molar-refractivity contribution in [2.75, 3.05) is 17.2 Å². The zero-order valence-electron chi connectivity index (χ0n) is 17.3. The zero-order chi connectivity index (χ0) is 21.3. The van der Waals surface area contributed by atoms with Crippen LogP contribution in [-0.2, 0) is 0 Å². The number of para-hydroxylation sites is 1. The molecule has 0 radical (unpaired) electrons. The highest BCUT2D eigenvalue weighted by atomic mass is 16.5. The first-order chi connectivity index (χ1) is 14.6. The van der Waals surface area contributed by atoms with E-state index in [1.807, 2.05) is 37.3 Å². The first-order valence-corrected chi connectivity index (χ1v) is 10.1. The van der Waals surface area contributed by atoms with Crippen molar-refractivity contribution >= 4 is 23.2 Å². The van der Waals surface area contributed by atoms with Crippen LogP contribution in [0.15, 0.2) is 72.8 Å². The lowest BCUT2D eigenvalue weighted by molar-refractivity contribution is 0.101. The van der Waals surface area contributed by atoms with Crippen molar-refractivity contribution in [2.45, 2.75) is 26.7 Å². The largest absolute Gasteiger partial charge is 0.493 e. The molecule has 5 nitrogen and oxygen atoms in total. The topological polar surface area (TPSA) is 67.4 Å². The summed E-state index contributed by atoms with van der Waals surface area (Å²) in [5.74, 6) is 0.165. The van der Waals surface area contributed by atoms with Gasteiger partial charge in [0.2, 0.25) is 0 Å². The molecule has 0 bridgehead atoms. The van der Waals surface area contributed by atoms with Crippen molar-refractivity contribution in [3.8, 4) is 5.75 Å². The van der Waals surface area contributed by atoms with Gasteiger partial charge in [0.25, 0.3) is 11.8 Å². The van der Waals surface area contributed by atoms with Crippen molar-refractivity contribution in [3.05, 3.63) is 89.5 Å². The van der Waals surface area contributed by atoms with E-state index < -0.39 is 0 Å². The van der Waals surface area contributed by atoms with Gasteiger partial charge in [0.1, 0.15) is 5.75 Å². The Morgan fingerprint density at radius 2 is 1.50 bits per heavy atom. The molecule has 2 N–H and O–H groups in total. The molecule has 0 aliphatic rings. The zero-order valence-corrected chi connectivity index (χ0v) is 17.3. The molecule has 30 heavy (non-hydrogen) atoms. The van der Waals surface area contributed by atoms with E-state index in [0.29, 0.717) is 34.9 Å². The fraction of sp³-hybridized carbons (Fsp3) is 0.200. The summed E-state index contributed by atoms with van der Waals surface area (Å²) in [5, 5.41) is 5.74. The van der Waals surface area contributed by atoms with Crippen LogP contribution in [0.25, 0.3) is 0 Å². The number of carbonyl (C=O) groups excluding carboxylic acids is 2. The molecule has 3 aromatic carbocycles. The first kappa shape index (κ1) is 21.1. The number of unbranched alkanes of at least 4 members (excludes halogenated alkanes) is 1. The first-order valence-electron chi connectivity index (χ1n) is 10.1. The van der Waals surface area contributed by atoms with Crippen LogP contribution in [0.5, 0.6) is 5.75 Å². The van der Waals surface area contributed by atoms with Crippen molar-refractivity contribution in [2.24, 2.45) is 0 Å². The standard InChI is InChI=1S/C25H26N2O3/c1-3-4-16-30-23-11-6-5-10-22(23)25(29)27-21-14-12-20(13-15-21)26-24(28)19-9-7-8-18(2)17-19/h5-15,17H,3-4,16H2,1-2H3,(H,26,28)(H,27,29). The molecular formula is C25H26N2O3. The van der Waals surface area contributed by atoms with Gasteiger partial charge in [-0.25, -0.2) is 0 Å². The van der Waals surface area contributed by atoms with Gasteiger partial charge >= 0.3 is 0 Å². The Kier molecular flexibility index (Phi) is 7.22.